The number of nitrogens with zero attached hydrogens (tertiary/aromatic N) is 1. The van der Waals surface area contributed by atoms with E-state index in [-0.39, 0.29) is 0 Å². The van der Waals surface area contributed by atoms with Gasteiger partial charge in [0.15, 0.2) is 0 Å². The quantitative estimate of drug-likeness (QED) is 0.803. The lowest BCUT2D eigenvalue weighted by Crippen LogP contribution is -2.14. The maximum atomic E-state index is 6.08. The molecule has 112 valence electrons. The van der Waals surface area contributed by atoms with Crippen LogP contribution in [0.1, 0.15) is 35.6 Å². The van der Waals surface area contributed by atoms with E-state index in [1.807, 2.05) is 6.07 Å². The number of ether oxygens (including phenoxy) is 1. The Kier molecular flexibility index (Phi) is 5.34. The number of aromatic nitrogens is 1. The molecule has 1 aromatic heterocycles. The number of nitrogens with one attached hydrogen (secondary N) is 1. The minimum Gasteiger partial charge on any atom is -0.438 e. The first kappa shape index (κ1) is 15.5. The molecule has 0 aliphatic rings. The maximum absolute atomic E-state index is 6.08. The van der Waals surface area contributed by atoms with Crippen molar-refractivity contribution in [2.45, 2.75) is 40.7 Å². The zero-order valence-electron chi connectivity index (χ0n) is 13.4. The van der Waals surface area contributed by atoms with E-state index in [2.05, 4.69) is 56.2 Å². The Labute approximate surface area is 127 Å². The van der Waals surface area contributed by atoms with Crippen LogP contribution in [0.5, 0.6) is 11.6 Å². The van der Waals surface area contributed by atoms with Crippen LogP contribution in [-0.4, -0.2) is 11.5 Å². The molecule has 1 N–H and O–H groups in total. The summed E-state index contributed by atoms with van der Waals surface area (Å²) in [7, 11) is 0. The summed E-state index contributed by atoms with van der Waals surface area (Å²) >= 11 is 0. The Morgan fingerprint density at radius 3 is 2.76 bits per heavy atom. The predicted molar refractivity (Wildman–Crippen MR) is 87.0 cm³/mol. The van der Waals surface area contributed by atoms with Crippen LogP contribution in [0, 0.1) is 20.8 Å². The summed E-state index contributed by atoms with van der Waals surface area (Å²) in [6, 6.07) is 8.25. The van der Waals surface area contributed by atoms with Gasteiger partial charge in [0.05, 0.1) is 0 Å². The summed E-state index contributed by atoms with van der Waals surface area (Å²) in [5.41, 5.74) is 4.70. The molecule has 0 atom stereocenters. The lowest BCUT2D eigenvalue weighted by Gasteiger charge is -2.14. The summed E-state index contributed by atoms with van der Waals surface area (Å²) in [4.78, 5) is 4.39. The number of pyridine rings is 1. The lowest BCUT2D eigenvalue weighted by molar-refractivity contribution is 0.449. The van der Waals surface area contributed by atoms with Crippen LogP contribution in [0.2, 0.25) is 0 Å². The molecule has 0 amide bonds. The summed E-state index contributed by atoms with van der Waals surface area (Å²) in [6.45, 7) is 10.2. The Balaban J connectivity index is 2.23. The maximum Gasteiger partial charge on any atom is 0.223 e. The zero-order valence-corrected chi connectivity index (χ0v) is 13.4. The Morgan fingerprint density at radius 2 is 2.00 bits per heavy atom. The summed E-state index contributed by atoms with van der Waals surface area (Å²) in [5, 5.41) is 3.39. The molecule has 0 bridgehead atoms. The van der Waals surface area contributed by atoms with Crippen molar-refractivity contribution in [2.24, 2.45) is 0 Å². The van der Waals surface area contributed by atoms with Crippen molar-refractivity contribution in [1.29, 1.82) is 0 Å². The molecule has 0 saturated heterocycles. The second-order valence-electron chi connectivity index (χ2n) is 5.45. The second-order valence-corrected chi connectivity index (χ2v) is 5.45. The normalized spacial score (nSPS) is 10.7. The first-order chi connectivity index (χ1) is 10.1. The molecule has 1 heterocycles. The molecule has 0 spiro atoms. The van der Waals surface area contributed by atoms with Gasteiger partial charge in [0, 0.05) is 18.3 Å². The summed E-state index contributed by atoms with van der Waals surface area (Å²) in [6.07, 6.45) is 2.89. The molecular weight excluding hydrogens is 260 g/mol. The first-order valence-corrected chi connectivity index (χ1v) is 7.52. The largest absolute Gasteiger partial charge is 0.438 e. The van der Waals surface area contributed by atoms with Crippen LogP contribution in [0.3, 0.4) is 0 Å². The van der Waals surface area contributed by atoms with Crippen molar-refractivity contribution in [3.63, 3.8) is 0 Å². The molecule has 0 unspecified atom stereocenters. The van der Waals surface area contributed by atoms with Crippen molar-refractivity contribution in [3.8, 4) is 11.6 Å². The van der Waals surface area contributed by atoms with E-state index in [4.69, 9.17) is 4.74 Å². The fourth-order valence-corrected chi connectivity index (χ4v) is 2.26. The first-order valence-electron chi connectivity index (χ1n) is 7.52. The van der Waals surface area contributed by atoms with Crippen LogP contribution in [0.15, 0.2) is 30.5 Å². The highest BCUT2D eigenvalue weighted by Crippen LogP contribution is 2.29. The summed E-state index contributed by atoms with van der Waals surface area (Å²) < 4.78 is 6.08. The van der Waals surface area contributed by atoms with Gasteiger partial charge >= 0.3 is 0 Å². The van der Waals surface area contributed by atoms with Crippen molar-refractivity contribution in [1.82, 2.24) is 10.3 Å². The smallest absolute Gasteiger partial charge is 0.223 e. The highest BCUT2D eigenvalue weighted by atomic mass is 16.5. The van der Waals surface area contributed by atoms with Gasteiger partial charge in [-0.3, -0.25) is 0 Å². The van der Waals surface area contributed by atoms with Gasteiger partial charge in [-0.25, -0.2) is 4.98 Å². The molecule has 3 heteroatoms. The third kappa shape index (κ3) is 4.05. The van der Waals surface area contributed by atoms with Gasteiger partial charge in [-0.2, -0.15) is 0 Å². The monoisotopic (exact) mass is 284 g/mol. The highest BCUT2D eigenvalue weighted by molar-refractivity contribution is 5.44. The Hall–Kier alpha value is -1.87. The van der Waals surface area contributed by atoms with Gasteiger partial charge in [0.25, 0.3) is 0 Å². The Morgan fingerprint density at radius 1 is 1.19 bits per heavy atom. The average molecular weight is 284 g/mol. The minimum absolute atomic E-state index is 0.689. The van der Waals surface area contributed by atoms with Crippen molar-refractivity contribution >= 4 is 0 Å². The van der Waals surface area contributed by atoms with Crippen LogP contribution in [0.25, 0.3) is 0 Å². The molecule has 0 fully saturated rings. The van der Waals surface area contributed by atoms with Crippen LogP contribution >= 0.6 is 0 Å². The van der Waals surface area contributed by atoms with Gasteiger partial charge in [0.1, 0.15) is 5.75 Å². The standard InChI is InChI=1S/C18H24N2O/c1-5-8-19-12-16-7-6-9-20-18(16)21-17-11-13(2)10-14(3)15(17)4/h6-7,9-11,19H,5,8,12H2,1-4H3. The SMILES string of the molecule is CCCNCc1cccnc1Oc1cc(C)cc(C)c1C. The summed E-state index contributed by atoms with van der Waals surface area (Å²) in [5.74, 6) is 1.58. The molecular formula is C18H24N2O. The highest BCUT2D eigenvalue weighted by Gasteiger charge is 2.09. The van der Waals surface area contributed by atoms with Crippen LogP contribution in [-0.2, 0) is 6.54 Å². The molecule has 21 heavy (non-hydrogen) atoms. The number of rotatable bonds is 6. The molecule has 2 aromatic rings. The van der Waals surface area contributed by atoms with E-state index in [1.165, 1.54) is 16.7 Å². The van der Waals surface area contributed by atoms with Gasteiger partial charge in [-0.05, 0) is 62.6 Å². The molecule has 0 saturated carbocycles. The molecule has 1 aromatic carbocycles. The van der Waals surface area contributed by atoms with Crippen molar-refractivity contribution < 1.29 is 4.74 Å². The minimum atomic E-state index is 0.689. The lowest BCUT2D eigenvalue weighted by atomic mass is 10.1. The molecule has 0 radical (unpaired) electrons. The van der Waals surface area contributed by atoms with Crippen LogP contribution in [0.4, 0.5) is 0 Å². The van der Waals surface area contributed by atoms with E-state index in [0.29, 0.717) is 5.88 Å². The van der Waals surface area contributed by atoms with Gasteiger partial charge in [0.2, 0.25) is 5.88 Å². The Bertz CT molecular complexity index is 608. The third-order valence-electron chi connectivity index (χ3n) is 3.56. The molecule has 3 nitrogen and oxygen atoms in total. The number of hydrogen-bond donors (Lipinski definition) is 1. The van der Waals surface area contributed by atoms with E-state index in [9.17, 15) is 0 Å². The topological polar surface area (TPSA) is 34.2 Å². The van der Waals surface area contributed by atoms with Crippen molar-refractivity contribution in [2.75, 3.05) is 6.54 Å². The third-order valence-corrected chi connectivity index (χ3v) is 3.56. The second kappa shape index (κ2) is 7.23. The molecule has 0 aliphatic heterocycles. The zero-order chi connectivity index (χ0) is 15.2. The van der Waals surface area contributed by atoms with E-state index >= 15 is 0 Å². The molecule has 0 aliphatic carbocycles. The number of hydrogen-bond acceptors (Lipinski definition) is 3. The average Bonchev–Trinajstić information content (AvgIpc) is 2.46. The fourth-order valence-electron chi connectivity index (χ4n) is 2.26. The van der Waals surface area contributed by atoms with Gasteiger partial charge in [-0.1, -0.05) is 19.1 Å². The fraction of sp³-hybridized carbons (Fsp3) is 0.389. The number of benzene rings is 1. The number of aryl methyl sites for hydroxylation is 2. The van der Waals surface area contributed by atoms with Gasteiger partial charge in [-0.15, -0.1) is 0 Å². The van der Waals surface area contributed by atoms with Crippen LogP contribution < -0.4 is 10.1 Å². The van der Waals surface area contributed by atoms with E-state index in [0.717, 1.165) is 30.8 Å². The van der Waals surface area contributed by atoms with E-state index < -0.39 is 0 Å². The van der Waals surface area contributed by atoms with Crippen molar-refractivity contribution in [3.05, 3.63) is 52.7 Å². The molecule has 2 rings (SSSR count). The van der Waals surface area contributed by atoms with E-state index in [1.54, 1.807) is 6.20 Å². The predicted octanol–water partition coefficient (Wildman–Crippen LogP) is 4.30. The van der Waals surface area contributed by atoms with Gasteiger partial charge < -0.3 is 10.1 Å².